The summed E-state index contributed by atoms with van der Waals surface area (Å²) in [6.45, 7) is 2.94. The van der Waals surface area contributed by atoms with Gasteiger partial charge in [-0.15, -0.1) is 0 Å². The summed E-state index contributed by atoms with van der Waals surface area (Å²) in [5.41, 5.74) is 3.90. The molecule has 2 aliphatic heterocycles. The van der Waals surface area contributed by atoms with E-state index in [0.717, 1.165) is 14.5 Å². The lowest BCUT2D eigenvalue weighted by Crippen LogP contribution is -2.51. The first-order valence-electron chi connectivity index (χ1n) is 7.33. The Morgan fingerprint density at radius 2 is 2.00 bits per heavy atom. The Labute approximate surface area is 147 Å². The summed E-state index contributed by atoms with van der Waals surface area (Å²) < 4.78 is 32.8. The molecule has 1 aromatic heterocycles. The number of hydrogen-bond donors (Lipinski definition) is 1. The zero-order chi connectivity index (χ0) is 17.1. The fraction of sp³-hybridized carbons (Fsp3) is 0.333. The summed E-state index contributed by atoms with van der Waals surface area (Å²) >= 11 is 1.95. The molecule has 0 aliphatic carbocycles. The monoisotopic (exact) mass is 431 g/mol. The van der Waals surface area contributed by atoms with Gasteiger partial charge in [0.15, 0.2) is 11.4 Å². The van der Waals surface area contributed by atoms with E-state index in [-0.39, 0.29) is 10.3 Å². The molecule has 0 atom stereocenters. The number of fused-ring (bicyclic) bond motifs is 2. The van der Waals surface area contributed by atoms with Gasteiger partial charge in [0.1, 0.15) is 5.70 Å². The molecule has 0 radical (unpaired) electrons. The van der Waals surface area contributed by atoms with Gasteiger partial charge in [-0.25, -0.2) is 0 Å². The molecule has 3 rings (SSSR count). The van der Waals surface area contributed by atoms with Crippen molar-refractivity contribution in [1.82, 2.24) is 9.79 Å². The molecule has 4 nitrogen and oxygen atoms in total. The molecule has 8 heteroatoms. The Morgan fingerprint density at radius 3 is 2.61 bits per heavy atom. The molecule has 0 fully saturated rings. The maximum atomic E-state index is 15.2. The van der Waals surface area contributed by atoms with E-state index in [2.05, 4.69) is 5.32 Å². The number of nitrogens with zero attached hydrogens (tertiary/aromatic N) is 2. The molecular weight excluding hydrogens is 414 g/mol. The molecule has 0 saturated carbocycles. The Kier molecular flexibility index (Phi) is 3.77. The van der Waals surface area contributed by atoms with Gasteiger partial charge in [-0.05, 0) is 38.1 Å². The van der Waals surface area contributed by atoms with Crippen LogP contribution in [0.5, 0.6) is 0 Å². The summed E-state index contributed by atoms with van der Waals surface area (Å²) in [7, 11) is 0. The van der Waals surface area contributed by atoms with Crippen LogP contribution in [0, 0.1) is 13.8 Å². The summed E-state index contributed by atoms with van der Waals surface area (Å²) in [5.74, 6) is -0.192. The second-order valence-corrected chi connectivity index (χ2v) is 6.74. The number of carbonyl (C=O) groups is 1. The maximum Gasteiger partial charge on any atom is 0.737 e. The fourth-order valence-corrected chi connectivity index (χ4v) is 3.68. The van der Waals surface area contributed by atoms with Gasteiger partial charge in [-0.3, -0.25) is 4.79 Å². The van der Waals surface area contributed by atoms with E-state index in [1.54, 1.807) is 32.9 Å². The van der Waals surface area contributed by atoms with Crippen molar-refractivity contribution in [3.05, 3.63) is 40.0 Å². The van der Waals surface area contributed by atoms with Crippen molar-refractivity contribution in [2.24, 2.45) is 0 Å². The number of alkyl halides is 1. The molecule has 122 valence electrons. The summed E-state index contributed by atoms with van der Waals surface area (Å²) in [6, 6.07) is 1.78. The number of aromatic nitrogens is 1. The quantitative estimate of drug-likeness (QED) is 0.437. The Balaban J connectivity index is 2.24. The van der Waals surface area contributed by atoms with Crippen LogP contribution in [0.3, 0.4) is 0 Å². The van der Waals surface area contributed by atoms with Gasteiger partial charge in [0.25, 0.3) is 0 Å². The molecule has 0 spiro atoms. The topological polar surface area (TPSA) is 37.0 Å². The lowest BCUT2D eigenvalue weighted by molar-refractivity contribution is -0.363. The van der Waals surface area contributed by atoms with Gasteiger partial charge < -0.3 is 22.9 Å². The number of halogens is 3. The second kappa shape index (κ2) is 5.29. The first-order valence-corrected chi connectivity index (χ1v) is 8.85. The van der Waals surface area contributed by atoms with Crippen LogP contribution in [0.1, 0.15) is 30.8 Å². The molecule has 23 heavy (non-hydrogen) atoms. The first kappa shape index (κ1) is 16.4. The second-order valence-electron chi connectivity index (χ2n) is 5.98. The predicted octanol–water partition coefficient (Wildman–Crippen LogP) is 2.99. The van der Waals surface area contributed by atoms with Crippen molar-refractivity contribution >= 4 is 47.3 Å². The Hall–Kier alpha value is -1.45. The highest BCUT2D eigenvalue weighted by atomic mass is 127. The van der Waals surface area contributed by atoms with Crippen molar-refractivity contribution < 1.29 is 17.9 Å². The van der Waals surface area contributed by atoms with E-state index >= 15 is 8.63 Å². The van der Waals surface area contributed by atoms with Gasteiger partial charge in [0.2, 0.25) is 5.91 Å². The Bertz CT molecular complexity index is 836. The Morgan fingerprint density at radius 1 is 1.35 bits per heavy atom. The van der Waals surface area contributed by atoms with E-state index in [4.69, 9.17) is 0 Å². The van der Waals surface area contributed by atoms with Crippen molar-refractivity contribution in [3.8, 4) is 0 Å². The highest BCUT2D eigenvalue weighted by molar-refractivity contribution is 14.1. The highest BCUT2D eigenvalue weighted by Crippen LogP contribution is 2.38. The molecule has 1 aromatic rings. The average Bonchev–Trinajstić information content (AvgIpc) is 2.89. The van der Waals surface area contributed by atoms with Crippen molar-refractivity contribution in [3.63, 3.8) is 0 Å². The lowest BCUT2D eigenvalue weighted by Gasteiger charge is -2.30. The largest absolute Gasteiger partial charge is 0.737 e. The van der Waals surface area contributed by atoms with E-state index in [1.165, 1.54) is 0 Å². The average molecular weight is 431 g/mol. The van der Waals surface area contributed by atoms with Crippen molar-refractivity contribution in [2.75, 3.05) is 4.43 Å². The third-order valence-electron chi connectivity index (χ3n) is 4.49. The SMILES string of the molecule is CC1=C(NC(=O)CI)C(C)=[N+]2C1=Cc1c(C)cc(C)n1[B-]2(F)F. The molecule has 1 N–H and O–H groups in total. The van der Waals surface area contributed by atoms with Crippen molar-refractivity contribution in [1.29, 1.82) is 0 Å². The molecular formula is C15H17BF2IN3O. The normalized spacial score (nSPS) is 18.8. The number of allylic oxidation sites excluding steroid dienone is 2. The molecule has 0 saturated heterocycles. The van der Waals surface area contributed by atoms with Crippen LogP contribution in [0.2, 0.25) is 0 Å². The van der Waals surface area contributed by atoms with Gasteiger partial charge in [0, 0.05) is 24.3 Å². The number of aryl methyl sites for hydroxylation is 2. The lowest BCUT2D eigenvalue weighted by atomic mass is 9.89. The van der Waals surface area contributed by atoms with Crippen LogP contribution in [-0.2, 0) is 4.79 Å². The van der Waals surface area contributed by atoms with E-state index in [0.29, 0.717) is 34.1 Å². The standard InChI is InChI=1S/C15H17BF2IN3O/c1-8-5-9(2)21-12(8)6-13-10(3)15(20-14(23)7-19)11(4)22(13)16(21,17)18/h5-6H,7H2,1-4H3,(H,20,23). The third-order valence-corrected chi connectivity index (χ3v) is 5.18. The van der Waals surface area contributed by atoms with Crippen LogP contribution < -0.4 is 5.32 Å². The van der Waals surface area contributed by atoms with Gasteiger partial charge in [-0.1, -0.05) is 22.6 Å². The minimum atomic E-state index is -3.98. The zero-order valence-corrected chi connectivity index (χ0v) is 15.5. The summed E-state index contributed by atoms with van der Waals surface area (Å²) in [5, 5.41) is 2.75. The predicted molar refractivity (Wildman–Crippen MR) is 95.9 cm³/mol. The molecule has 0 aromatic carbocycles. The number of rotatable bonds is 2. The van der Waals surface area contributed by atoms with Gasteiger partial charge in [-0.2, -0.15) is 0 Å². The number of carbonyl (C=O) groups excluding carboxylic acids is 1. The van der Waals surface area contributed by atoms with Crippen LogP contribution in [-0.4, -0.2) is 32.0 Å². The third kappa shape index (κ3) is 2.21. The highest BCUT2D eigenvalue weighted by Gasteiger charge is 2.54. The molecule has 1 amide bonds. The van der Waals surface area contributed by atoms with E-state index in [1.807, 2.05) is 29.5 Å². The molecule has 0 bridgehead atoms. The first-order chi connectivity index (χ1) is 10.7. The number of amides is 1. The van der Waals surface area contributed by atoms with Crippen molar-refractivity contribution in [2.45, 2.75) is 27.7 Å². The minimum Gasteiger partial charge on any atom is -0.394 e. The van der Waals surface area contributed by atoms with Gasteiger partial charge >= 0.3 is 6.97 Å². The molecule has 0 unspecified atom stereocenters. The van der Waals surface area contributed by atoms with Gasteiger partial charge in [0.05, 0.1) is 4.43 Å². The zero-order valence-electron chi connectivity index (χ0n) is 13.4. The minimum absolute atomic E-state index is 0.192. The fourth-order valence-electron chi connectivity index (χ4n) is 3.49. The summed E-state index contributed by atoms with van der Waals surface area (Å²) in [4.78, 5) is 11.7. The van der Waals surface area contributed by atoms with Crippen LogP contribution in [0.15, 0.2) is 23.0 Å². The molecule has 3 heterocycles. The van der Waals surface area contributed by atoms with E-state index in [9.17, 15) is 4.79 Å². The van der Waals surface area contributed by atoms with Crippen LogP contribution in [0.25, 0.3) is 6.08 Å². The smallest absolute Gasteiger partial charge is 0.394 e. The van der Waals surface area contributed by atoms with Crippen LogP contribution in [0.4, 0.5) is 8.63 Å². The number of hydrogen-bond acceptors (Lipinski definition) is 1. The summed E-state index contributed by atoms with van der Waals surface area (Å²) in [6.07, 6.45) is 1.78. The number of nitrogens with one attached hydrogen (secondary N) is 1. The van der Waals surface area contributed by atoms with Crippen LogP contribution >= 0.6 is 22.6 Å². The maximum absolute atomic E-state index is 15.2. The molecule has 2 aliphatic rings. The van der Waals surface area contributed by atoms with E-state index < -0.39 is 6.97 Å².